The van der Waals surface area contributed by atoms with Gasteiger partial charge in [-0.15, -0.1) is 5.10 Å². The SMILES string of the molecule is Cc1cc2c(nn1)-c1ccc(Cl)cc1CCC2. The Bertz CT molecular complexity index is 527. The van der Waals surface area contributed by atoms with Gasteiger partial charge in [0.05, 0.1) is 11.4 Å². The van der Waals surface area contributed by atoms with Crippen LogP contribution in [0, 0.1) is 6.92 Å². The minimum atomic E-state index is 0.798. The van der Waals surface area contributed by atoms with Crippen molar-refractivity contribution in [2.75, 3.05) is 0 Å². The molecule has 0 spiro atoms. The third kappa shape index (κ3) is 1.93. The van der Waals surface area contributed by atoms with Crippen molar-refractivity contribution in [3.8, 4) is 11.3 Å². The molecule has 1 aromatic heterocycles. The van der Waals surface area contributed by atoms with Crippen molar-refractivity contribution in [3.05, 3.63) is 46.1 Å². The molecule has 3 heteroatoms. The van der Waals surface area contributed by atoms with Crippen LogP contribution in [0.3, 0.4) is 0 Å². The van der Waals surface area contributed by atoms with E-state index in [4.69, 9.17) is 11.6 Å². The third-order valence-corrected chi connectivity index (χ3v) is 3.44. The summed E-state index contributed by atoms with van der Waals surface area (Å²) in [6.45, 7) is 1.99. The molecule has 0 atom stereocenters. The Morgan fingerprint density at radius 1 is 1.06 bits per heavy atom. The van der Waals surface area contributed by atoms with Crippen molar-refractivity contribution in [3.63, 3.8) is 0 Å². The fourth-order valence-electron chi connectivity index (χ4n) is 2.43. The van der Waals surface area contributed by atoms with E-state index in [2.05, 4.69) is 22.3 Å². The summed E-state index contributed by atoms with van der Waals surface area (Å²) in [4.78, 5) is 0. The van der Waals surface area contributed by atoms with Crippen molar-refractivity contribution in [2.45, 2.75) is 26.2 Å². The minimum absolute atomic E-state index is 0.798. The number of aromatic nitrogens is 2. The molecule has 2 aromatic rings. The van der Waals surface area contributed by atoms with Gasteiger partial charge >= 0.3 is 0 Å². The summed E-state index contributed by atoms with van der Waals surface area (Å²) in [5.74, 6) is 0. The van der Waals surface area contributed by atoms with Gasteiger partial charge in [0.25, 0.3) is 0 Å². The van der Waals surface area contributed by atoms with Crippen molar-refractivity contribution in [1.29, 1.82) is 0 Å². The average Bonchev–Trinajstić information content (AvgIpc) is 2.47. The van der Waals surface area contributed by atoms with Crippen molar-refractivity contribution < 1.29 is 0 Å². The van der Waals surface area contributed by atoms with E-state index >= 15 is 0 Å². The summed E-state index contributed by atoms with van der Waals surface area (Å²) in [5.41, 5.74) is 5.79. The van der Waals surface area contributed by atoms with E-state index in [0.717, 1.165) is 35.7 Å². The highest BCUT2D eigenvalue weighted by molar-refractivity contribution is 6.30. The first-order valence-corrected chi connectivity index (χ1v) is 6.24. The van der Waals surface area contributed by atoms with E-state index in [-0.39, 0.29) is 0 Å². The normalized spacial score (nSPS) is 13.8. The lowest BCUT2D eigenvalue weighted by atomic mass is 10.0. The second-order valence-corrected chi connectivity index (χ2v) is 4.95. The zero-order valence-corrected chi connectivity index (χ0v) is 10.5. The lowest BCUT2D eigenvalue weighted by Gasteiger charge is -2.08. The van der Waals surface area contributed by atoms with Gasteiger partial charge < -0.3 is 0 Å². The highest BCUT2D eigenvalue weighted by Crippen LogP contribution is 2.32. The molecule has 1 aliphatic rings. The zero-order chi connectivity index (χ0) is 11.8. The Morgan fingerprint density at radius 2 is 1.88 bits per heavy atom. The maximum atomic E-state index is 6.05. The number of rotatable bonds is 0. The van der Waals surface area contributed by atoms with Crippen LogP contribution in [-0.4, -0.2) is 10.2 Å². The second-order valence-electron chi connectivity index (χ2n) is 4.51. The molecule has 86 valence electrons. The van der Waals surface area contributed by atoms with Gasteiger partial charge in [0.1, 0.15) is 0 Å². The van der Waals surface area contributed by atoms with Crippen LogP contribution in [0.5, 0.6) is 0 Å². The molecule has 0 N–H and O–H groups in total. The van der Waals surface area contributed by atoms with Crippen LogP contribution in [-0.2, 0) is 12.8 Å². The fourth-order valence-corrected chi connectivity index (χ4v) is 2.62. The summed E-state index contributed by atoms with van der Waals surface area (Å²) < 4.78 is 0. The molecule has 1 heterocycles. The molecule has 0 saturated heterocycles. The highest BCUT2D eigenvalue weighted by Gasteiger charge is 2.16. The monoisotopic (exact) mass is 244 g/mol. The van der Waals surface area contributed by atoms with Crippen molar-refractivity contribution in [2.24, 2.45) is 0 Å². The predicted molar refractivity (Wildman–Crippen MR) is 69.2 cm³/mol. The highest BCUT2D eigenvalue weighted by atomic mass is 35.5. The van der Waals surface area contributed by atoms with Gasteiger partial charge in [-0.3, -0.25) is 0 Å². The molecule has 1 aromatic carbocycles. The van der Waals surface area contributed by atoms with E-state index in [0.29, 0.717) is 0 Å². The molecule has 0 aliphatic heterocycles. The molecule has 0 saturated carbocycles. The van der Waals surface area contributed by atoms with E-state index in [9.17, 15) is 0 Å². The Hall–Kier alpha value is -1.41. The lowest BCUT2D eigenvalue weighted by Crippen LogP contribution is -1.96. The fraction of sp³-hybridized carbons (Fsp3) is 0.286. The van der Waals surface area contributed by atoms with Gasteiger partial charge in [0, 0.05) is 10.6 Å². The quantitative estimate of drug-likeness (QED) is 0.708. The van der Waals surface area contributed by atoms with Crippen LogP contribution >= 0.6 is 11.6 Å². The summed E-state index contributed by atoms with van der Waals surface area (Å²) in [6, 6.07) is 8.18. The predicted octanol–water partition coefficient (Wildman–Crippen LogP) is 3.59. The smallest absolute Gasteiger partial charge is 0.0964 e. The van der Waals surface area contributed by atoms with Crippen LogP contribution in [0.15, 0.2) is 24.3 Å². The van der Waals surface area contributed by atoms with Gasteiger partial charge in [-0.1, -0.05) is 17.7 Å². The molecule has 2 nitrogen and oxygen atoms in total. The third-order valence-electron chi connectivity index (χ3n) is 3.21. The first kappa shape index (κ1) is 10.7. The summed E-state index contributed by atoms with van der Waals surface area (Å²) in [5, 5.41) is 9.33. The molecule has 0 radical (unpaired) electrons. The van der Waals surface area contributed by atoms with E-state index in [1.165, 1.54) is 16.7 Å². The summed E-state index contributed by atoms with van der Waals surface area (Å²) in [7, 11) is 0. The minimum Gasteiger partial charge on any atom is -0.155 e. The maximum Gasteiger partial charge on any atom is 0.0964 e. The Balaban J connectivity index is 2.24. The summed E-state index contributed by atoms with van der Waals surface area (Å²) in [6.07, 6.45) is 3.27. The molecule has 3 rings (SSSR count). The second kappa shape index (κ2) is 4.11. The topological polar surface area (TPSA) is 25.8 Å². The van der Waals surface area contributed by atoms with Gasteiger partial charge in [0.15, 0.2) is 0 Å². The number of halogens is 1. The standard InChI is InChI=1S/C14H13ClN2/c1-9-7-11-4-2-3-10-8-12(15)5-6-13(10)14(11)17-16-9/h5-8H,2-4H2,1H3. The van der Waals surface area contributed by atoms with Gasteiger partial charge in [0.2, 0.25) is 0 Å². The van der Waals surface area contributed by atoms with Crippen LogP contribution in [0.25, 0.3) is 11.3 Å². The number of aryl methyl sites for hydroxylation is 3. The Kier molecular flexibility index (Phi) is 2.60. The van der Waals surface area contributed by atoms with E-state index < -0.39 is 0 Å². The number of hydrogen-bond acceptors (Lipinski definition) is 2. The van der Waals surface area contributed by atoms with Crippen LogP contribution in [0.2, 0.25) is 5.02 Å². The number of benzene rings is 1. The molecular weight excluding hydrogens is 232 g/mol. The van der Waals surface area contributed by atoms with E-state index in [1.807, 2.05) is 19.1 Å². The average molecular weight is 245 g/mol. The Labute approximate surface area is 106 Å². The molecule has 1 aliphatic carbocycles. The molecule has 0 amide bonds. The molecule has 17 heavy (non-hydrogen) atoms. The Morgan fingerprint density at radius 3 is 2.76 bits per heavy atom. The first-order valence-electron chi connectivity index (χ1n) is 5.86. The van der Waals surface area contributed by atoms with Crippen LogP contribution < -0.4 is 0 Å². The number of fused-ring (bicyclic) bond motifs is 3. The van der Waals surface area contributed by atoms with E-state index in [1.54, 1.807) is 0 Å². The maximum absolute atomic E-state index is 6.05. The van der Waals surface area contributed by atoms with Crippen molar-refractivity contribution >= 4 is 11.6 Å². The first-order chi connectivity index (χ1) is 8.24. The van der Waals surface area contributed by atoms with Crippen molar-refractivity contribution in [1.82, 2.24) is 10.2 Å². The van der Waals surface area contributed by atoms with Crippen LogP contribution in [0.4, 0.5) is 0 Å². The molecular formula is C14H13ClN2. The van der Waals surface area contributed by atoms with Gasteiger partial charge in [-0.2, -0.15) is 5.10 Å². The summed E-state index contributed by atoms with van der Waals surface area (Å²) >= 11 is 6.05. The molecule has 0 bridgehead atoms. The lowest BCUT2D eigenvalue weighted by molar-refractivity contribution is 0.826. The number of nitrogens with zero attached hydrogens (tertiary/aromatic N) is 2. The molecule has 0 fully saturated rings. The van der Waals surface area contributed by atoms with Gasteiger partial charge in [-0.05, 0) is 55.5 Å². The van der Waals surface area contributed by atoms with Gasteiger partial charge in [-0.25, -0.2) is 0 Å². The molecule has 0 unspecified atom stereocenters. The zero-order valence-electron chi connectivity index (χ0n) is 9.70. The largest absolute Gasteiger partial charge is 0.155 e. The number of hydrogen-bond donors (Lipinski definition) is 0. The van der Waals surface area contributed by atoms with Crippen LogP contribution in [0.1, 0.15) is 23.2 Å².